The first kappa shape index (κ1) is 25.3. The van der Waals surface area contributed by atoms with Gasteiger partial charge in [0, 0.05) is 50.1 Å². The van der Waals surface area contributed by atoms with Gasteiger partial charge in [-0.25, -0.2) is 4.98 Å². The van der Waals surface area contributed by atoms with Gasteiger partial charge in [0.15, 0.2) is 0 Å². The molecule has 39 heavy (non-hydrogen) atoms. The van der Waals surface area contributed by atoms with E-state index in [9.17, 15) is 14.4 Å². The zero-order chi connectivity index (χ0) is 26.8. The number of nitrogens with one attached hydrogen (secondary N) is 1. The van der Waals surface area contributed by atoms with Gasteiger partial charge in [0.05, 0.1) is 6.33 Å². The molecule has 1 aromatic heterocycles. The Morgan fingerprint density at radius 1 is 1.00 bits per heavy atom. The fourth-order valence-electron chi connectivity index (χ4n) is 5.94. The highest BCUT2D eigenvalue weighted by molar-refractivity contribution is 6.05. The van der Waals surface area contributed by atoms with Gasteiger partial charge in [-0.1, -0.05) is 30.7 Å². The second-order valence-electron chi connectivity index (χ2n) is 10.7. The fraction of sp³-hybridized carbons (Fsp3) is 0.400. The molecule has 202 valence electrons. The minimum absolute atomic E-state index is 0.167. The van der Waals surface area contributed by atoms with E-state index in [2.05, 4.69) is 44.0 Å². The van der Waals surface area contributed by atoms with Gasteiger partial charge in [0.2, 0.25) is 11.8 Å². The first-order valence-corrected chi connectivity index (χ1v) is 13.7. The first-order chi connectivity index (χ1) is 19.0. The van der Waals surface area contributed by atoms with Gasteiger partial charge < -0.3 is 14.2 Å². The summed E-state index contributed by atoms with van der Waals surface area (Å²) in [6, 6.07) is 14.0. The van der Waals surface area contributed by atoms with E-state index < -0.39 is 11.9 Å². The smallest absolute Gasteiger partial charge is 0.255 e. The van der Waals surface area contributed by atoms with Crippen LogP contribution in [-0.2, 0) is 29.2 Å². The van der Waals surface area contributed by atoms with Crippen LogP contribution in [0.5, 0.6) is 5.75 Å². The zero-order valence-electron chi connectivity index (χ0n) is 21.9. The van der Waals surface area contributed by atoms with Crippen molar-refractivity contribution in [1.29, 1.82) is 0 Å². The second-order valence-corrected chi connectivity index (χ2v) is 10.7. The van der Waals surface area contributed by atoms with Crippen molar-refractivity contribution < 1.29 is 19.1 Å². The minimum Gasteiger partial charge on any atom is -0.492 e. The summed E-state index contributed by atoms with van der Waals surface area (Å²) in [4.78, 5) is 45.0. The zero-order valence-corrected chi connectivity index (χ0v) is 21.9. The van der Waals surface area contributed by atoms with E-state index in [0.717, 1.165) is 37.4 Å². The molecule has 2 unspecified atom stereocenters. The van der Waals surface area contributed by atoms with Crippen LogP contribution in [0.15, 0.2) is 61.2 Å². The average Bonchev–Trinajstić information content (AvgIpc) is 3.56. The molecule has 3 aliphatic heterocycles. The molecule has 4 heterocycles. The average molecular weight is 528 g/mol. The Kier molecular flexibility index (Phi) is 7.15. The minimum atomic E-state index is -0.610. The maximum Gasteiger partial charge on any atom is 0.255 e. The number of amides is 3. The molecular formula is C30H33N5O4. The van der Waals surface area contributed by atoms with E-state index >= 15 is 0 Å². The molecule has 2 aromatic carbocycles. The van der Waals surface area contributed by atoms with Crippen LogP contribution in [0.1, 0.15) is 59.2 Å². The monoisotopic (exact) mass is 527 g/mol. The third-order valence-corrected chi connectivity index (χ3v) is 7.99. The second kappa shape index (κ2) is 11.0. The summed E-state index contributed by atoms with van der Waals surface area (Å²) < 4.78 is 8.35. The van der Waals surface area contributed by atoms with E-state index in [0.29, 0.717) is 31.2 Å². The van der Waals surface area contributed by atoms with E-state index in [4.69, 9.17) is 4.74 Å². The lowest BCUT2D eigenvalue weighted by molar-refractivity contribution is -0.136. The van der Waals surface area contributed by atoms with Crippen molar-refractivity contribution in [2.45, 2.75) is 63.8 Å². The lowest BCUT2D eigenvalue weighted by atomic mass is 10.0. The van der Waals surface area contributed by atoms with Crippen LogP contribution in [0, 0.1) is 0 Å². The van der Waals surface area contributed by atoms with E-state index in [1.54, 1.807) is 17.2 Å². The number of likely N-dealkylation sites (tertiary alicyclic amines) is 1. The predicted molar refractivity (Wildman–Crippen MR) is 144 cm³/mol. The molecule has 0 radical (unpaired) electrons. The Hall–Kier alpha value is -3.98. The highest BCUT2D eigenvalue weighted by Gasteiger charge is 2.39. The van der Waals surface area contributed by atoms with Gasteiger partial charge in [0.1, 0.15) is 18.4 Å². The van der Waals surface area contributed by atoms with Crippen molar-refractivity contribution in [3.63, 3.8) is 0 Å². The highest BCUT2D eigenvalue weighted by Crippen LogP contribution is 2.30. The molecule has 6 rings (SSSR count). The Balaban J connectivity index is 1.08. The molecule has 0 saturated carbocycles. The normalized spacial score (nSPS) is 21.6. The molecule has 3 aromatic rings. The third kappa shape index (κ3) is 5.59. The highest BCUT2D eigenvalue weighted by atomic mass is 16.5. The Morgan fingerprint density at radius 2 is 1.87 bits per heavy atom. The molecule has 9 heteroatoms. The van der Waals surface area contributed by atoms with E-state index in [1.165, 1.54) is 24.0 Å². The summed E-state index contributed by atoms with van der Waals surface area (Å²) in [5.41, 5.74) is 4.01. The quantitative estimate of drug-likeness (QED) is 0.452. The van der Waals surface area contributed by atoms with Crippen molar-refractivity contribution >= 4 is 17.7 Å². The molecule has 0 spiro atoms. The number of imidazole rings is 1. The number of carbonyl (C=O) groups excluding carboxylic acids is 3. The Bertz CT molecular complexity index is 1370. The largest absolute Gasteiger partial charge is 0.492 e. The van der Waals surface area contributed by atoms with E-state index in [1.807, 2.05) is 24.7 Å². The molecule has 9 nitrogen and oxygen atoms in total. The van der Waals surface area contributed by atoms with Crippen LogP contribution in [0.4, 0.5) is 0 Å². The maximum atomic E-state index is 13.0. The van der Waals surface area contributed by atoms with Crippen LogP contribution in [0.3, 0.4) is 0 Å². The van der Waals surface area contributed by atoms with Crippen LogP contribution < -0.4 is 10.1 Å². The number of aromatic nitrogens is 2. The van der Waals surface area contributed by atoms with Crippen LogP contribution in [0.25, 0.3) is 0 Å². The summed E-state index contributed by atoms with van der Waals surface area (Å²) in [7, 11) is 0. The Labute approximate surface area is 227 Å². The Morgan fingerprint density at radius 3 is 2.69 bits per heavy atom. The molecular weight excluding hydrogens is 494 g/mol. The number of ether oxygens (including phenoxy) is 1. The van der Waals surface area contributed by atoms with Crippen molar-refractivity contribution in [2.24, 2.45) is 0 Å². The lowest BCUT2D eigenvalue weighted by Gasteiger charge is -2.35. The number of piperidine rings is 2. The van der Waals surface area contributed by atoms with Gasteiger partial charge >= 0.3 is 0 Å². The molecule has 2 fully saturated rings. The molecule has 0 bridgehead atoms. The topological polar surface area (TPSA) is 96.8 Å². The molecule has 2 saturated heterocycles. The van der Waals surface area contributed by atoms with E-state index in [-0.39, 0.29) is 18.2 Å². The summed E-state index contributed by atoms with van der Waals surface area (Å²) in [6.07, 6.45) is 9.68. The number of hydrogen-bond donors (Lipinski definition) is 1. The summed E-state index contributed by atoms with van der Waals surface area (Å²) in [5, 5.41) is 2.35. The molecule has 3 amide bonds. The third-order valence-electron chi connectivity index (χ3n) is 7.99. The predicted octanol–water partition coefficient (Wildman–Crippen LogP) is 3.13. The van der Waals surface area contributed by atoms with Crippen molar-refractivity contribution in [3.05, 3.63) is 83.4 Å². The van der Waals surface area contributed by atoms with Crippen LogP contribution >= 0.6 is 0 Å². The summed E-state index contributed by atoms with van der Waals surface area (Å²) in [5.74, 6) is -0.108. The molecule has 2 atom stereocenters. The number of benzene rings is 2. The van der Waals surface area contributed by atoms with Crippen molar-refractivity contribution in [2.75, 3.05) is 13.2 Å². The molecule has 3 aliphatic rings. The maximum absolute atomic E-state index is 13.0. The fourth-order valence-corrected chi connectivity index (χ4v) is 5.94. The van der Waals surface area contributed by atoms with Crippen LogP contribution in [-0.4, -0.2) is 62.3 Å². The number of hydrogen-bond acceptors (Lipinski definition) is 6. The van der Waals surface area contributed by atoms with Crippen molar-refractivity contribution in [3.8, 4) is 5.75 Å². The van der Waals surface area contributed by atoms with Gasteiger partial charge in [-0.15, -0.1) is 0 Å². The number of rotatable bonds is 8. The van der Waals surface area contributed by atoms with Gasteiger partial charge in [-0.2, -0.15) is 0 Å². The summed E-state index contributed by atoms with van der Waals surface area (Å²) >= 11 is 0. The first-order valence-electron chi connectivity index (χ1n) is 13.7. The van der Waals surface area contributed by atoms with Crippen molar-refractivity contribution in [1.82, 2.24) is 24.7 Å². The van der Waals surface area contributed by atoms with Crippen LogP contribution in [0.2, 0.25) is 0 Å². The molecule has 0 aliphatic carbocycles. The standard InChI is InChI=1S/C30H33N5O4/c36-28-10-9-27(29(37)32-28)35-18-23-15-25(7-8-26(23)30(35)38)39-19-24-6-1-2-12-34(24)17-22-5-3-4-21(14-22)16-33-13-11-31-20-33/h3-5,7-8,11,13-15,20,24,27H,1-2,6,9-10,12,16-19H2,(H,32,36,37). The van der Waals surface area contributed by atoms with Gasteiger partial charge in [-0.05, 0) is 60.7 Å². The molecule has 1 N–H and O–H groups in total. The number of imide groups is 1. The number of carbonyl (C=O) groups is 3. The lowest BCUT2D eigenvalue weighted by Crippen LogP contribution is -2.52. The number of nitrogens with zero attached hydrogens (tertiary/aromatic N) is 4. The number of fused-ring (bicyclic) bond motifs is 1. The van der Waals surface area contributed by atoms with Gasteiger partial charge in [-0.3, -0.25) is 24.6 Å². The SMILES string of the molecule is O=C1CCC(N2Cc3cc(OCC4CCCCN4Cc4cccc(Cn5ccnc5)c4)ccc3C2=O)C(=O)N1. The van der Waals surface area contributed by atoms with Gasteiger partial charge in [0.25, 0.3) is 5.91 Å². The summed E-state index contributed by atoms with van der Waals surface area (Å²) in [6.45, 7) is 3.66.